The predicted octanol–water partition coefficient (Wildman–Crippen LogP) is 2.83. The van der Waals surface area contributed by atoms with Crippen molar-refractivity contribution in [1.82, 2.24) is 20.0 Å². The Balaban J connectivity index is 1.93. The van der Waals surface area contributed by atoms with Crippen LogP contribution in [0.15, 0.2) is 60.7 Å². The molecule has 2 atom stereocenters. The fourth-order valence-electron chi connectivity index (χ4n) is 5.02. The Labute approximate surface area is 187 Å². The van der Waals surface area contributed by atoms with Crippen LogP contribution in [0.2, 0.25) is 0 Å². The zero-order valence-corrected chi connectivity index (χ0v) is 18.7. The van der Waals surface area contributed by atoms with E-state index in [9.17, 15) is 9.59 Å². The van der Waals surface area contributed by atoms with Crippen LogP contribution in [0.25, 0.3) is 0 Å². The number of hydrogen-bond acceptors (Lipinski definition) is 4. The van der Waals surface area contributed by atoms with E-state index < -0.39 is 11.3 Å². The Kier molecular flexibility index (Phi) is 5.35. The first kappa shape index (κ1) is 21.1. The number of benzene rings is 2. The summed E-state index contributed by atoms with van der Waals surface area (Å²) in [5.74, 6) is -0.296. The summed E-state index contributed by atoms with van der Waals surface area (Å²) in [5, 5.41) is 3.88. The maximum absolute atomic E-state index is 13.5. The van der Waals surface area contributed by atoms with Gasteiger partial charge in [0, 0.05) is 38.2 Å². The first-order chi connectivity index (χ1) is 14.9. The highest BCUT2D eigenvalue weighted by Crippen LogP contribution is 2.56. The van der Waals surface area contributed by atoms with E-state index in [-0.39, 0.29) is 18.4 Å². The van der Waals surface area contributed by atoms with E-state index in [0.717, 1.165) is 11.1 Å². The summed E-state index contributed by atoms with van der Waals surface area (Å²) in [6.45, 7) is 0.366. The van der Waals surface area contributed by atoms with Crippen molar-refractivity contribution in [3.63, 3.8) is 0 Å². The number of carbonyl (C=O) groups is 2. The first-order valence-corrected chi connectivity index (χ1v) is 10.6. The third-order valence-electron chi connectivity index (χ3n) is 6.35. The summed E-state index contributed by atoms with van der Waals surface area (Å²) >= 11 is 5.83. The van der Waals surface area contributed by atoms with E-state index in [1.807, 2.05) is 84.6 Å². The summed E-state index contributed by atoms with van der Waals surface area (Å²) in [6.07, 6.45) is 0.706. The van der Waals surface area contributed by atoms with Crippen LogP contribution in [0.3, 0.4) is 0 Å². The van der Waals surface area contributed by atoms with Gasteiger partial charge in [0.05, 0.1) is 7.11 Å². The number of likely N-dealkylation sites (N-methyl/N-ethyl adjacent to an activating group) is 2. The second-order valence-electron chi connectivity index (χ2n) is 7.78. The van der Waals surface area contributed by atoms with Crippen LogP contribution in [0, 0.1) is 0 Å². The lowest BCUT2D eigenvalue weighted by atomic mass is 9.80. The quantitative estimate of drug-likeness (QED) is 0.553. The summed E-state index contributed by atoms with van der Waals surface area (Å²) in [7, 11) is 5.20. The molecule has 8 heteroatoms. The molecule has 0 radical (unpaired) electrons. The summed E-state index contributed by atoms with van der Waals surface area (Å²) in [4.78, 5) is 31.0. The smallest absolute Gasteiger partial charge is 0.321 e. The number of carbonyl (C=O) groups excluding carboxylic acids is 2. The normalized spacial score (nSPS) is 24.9. The zero-order chi connectivity index (χ0) is 22.2. The third-order valence-corrected chi connectivity index (χ3v) is 6.90. The maximum atomic E-state index is 13.5. The molecule has 0 aliphatic carbocycles. The minimum absolute atomic E-state index is 0.209. The Morgan fingerprint density at radius 1 is 1.00 bits per heavy atom. The molecular formula is C23H26N4O3S. The molecule has 1 N–H and O–H groups in total. The van der Waals surface area contributed by atoms with Gasteiger partial charge in [-0.2, -0.15) is 0 Å². The lowest BCUT2D eigenvalue weighted by Crippen LogP contribution is -2.62. The monoisotopic (exact) mass is 438 g/mol. The average Bonchev–Trinajstić information content (AvgIpc) is 3.16. The first-order valence-electron chi connectivity index (χ1n) is 10.2. The summed E-state index contributed by atoms with van der Waals surface area (Å²) < 4.78 is 4.79. The van der Waals surface area contributed by atoms with Gasteiger partial charge < -0.3 is 19.9 Å². The van der Waals surface area contributed by atoms with Crippen molar-refractivity contribution in [3.05, 3.63) is 71.8 Å². The number of nitrogens with one attached hydrogen (secondary N) is 1. The van der Waals surface area contributed by atoms with Gasteiger partial charge >= 0.3 is 12.0 Å². The number of rotatable bonds is 6. The Hall–Kier alpha value is -3.13. The SMILES string of the molecule is COC(=O)CCCN1C(=O)NC2(c3ccccc3)N(C)C(=S)N(C)C12c1ccccc1. The van der Waals surface area contributed by atoms with Crippen LogP contribution in [0.1, 0.15) is 24.0 Å². The van der Waals surface area contributed by atoms with Crippen LogP contribution in [0.5, 0.6) is 0 Å². The minimum Gasteiger partial charge on any atom is -0.469 e. The van der Waals surface area contributed by atoms with E-state index in [1.165, 1.54) is 7.11 Å². The molecule has 2 amide bonds. The number of fused-ring (bicyclic) bond motifs is 1. The van der Waals surface area contributed by atoms with Crippen molar-refractivity contribution in [2.45, 2.75) is 24.2 Å². The van der Waals surface area contributed by atoms with Crippen molar-refractivity contribution in [1.29, 1.82) is 0 Å². The molecule has 31 heavy (non-hydrogen) atoms. The molecule has 2 fully saturated rings. The third kappa shape index (κ3) is 2.81. The van der Waals surface area contributed by atoms with Crippen molar-refractivity contribution in [2.24, 2.45) is 0 Å². The predicted molar refractivity (Wildman–Crippen MR) is 121 cm³/mol. The van der Waals surface area contributed by atoms with Crippen molar-refractivity contribution in [2.75, 3.05) is 27.7 Å². The highest BCUT2D eigenvalue weighted by atomic mass is 32.1. The molecule has 2 unspecified atom stereocenters. The van der Waals surface area contributed by atoms with Gasteiger partial charge in [-0.3, -0.25) is 9.69 Å². The zero-order valence-electron chi connectivity index (χ0n) is 17.9. The molecule has 0 bridgehead atoms. The fourth-order valence-corrected chi connectivity index (χ4v) is 5.29. The van der Waals surface area contributed by atoms with Crippen molar-refractivity contribution >= 4 is 29.3 Å². The molecule has 162 valence electrons. The van der Waals surface area contributed by atoms with E-state index in [4.69, 9.17) is 17.0 Å². The van der Waals surface area contributed by atoms with Gasteiger partial charge in [0.15, 0.2) is 16.4 Å². The molecule has 4 rings (SSSR count). The van der Waals surface area contributed by atoms with Gasteiger partial charge in [-0.15, -0.1) is 0 Å². The number of nitrogens with zero attached hydrogens (tertiary/aromatic N) is 3. The second kappa shape index (κ2) is 7.85. The van der Waals surface area contributed by atoms with Crippen LogP contribution in [0.4, 0.5) is 4.79 Å². The highest BCUT2D eigenvalue weighted by Gasteiger charge is 2.74. The molecule has 2 heterocycles. The molecule has 7 nitrogen and oxygen atoms in total. The molecule has 0 aromatic heterocycles. The average molecular weight is 439 g/mol. The highest BCUT2D eigenvalue weighted by molar-refractivity contribution is 7.80. The molecule has 2 saturated heterocycles. The van der Waals surface area contributed by atoms with E-state index in [1.54, 1.807) is 4.90 Å². The Morgan fingerprint density at radius 3 is 2.16 bits per heavy atom. The van der Waals surface area contributed by atoms with Gasteiger partial charge in [-0.05, 0) is 18.6 Å². The number of methoxy groups -OCH3 is 1. The number of urea groups is 1. The van der Waals surface area contributed by atoms with Gasteiger partial charge in [0.2, 0.25) is 0 Å². The van der Waals surface area contributed by atoms with Gasteiger partial charge in [-0.25, -0.2) is 4.79 Å². The van der Waals surface area contributed by atoms with Crippen LogP contribution < -0.4 is 5.32 Å². The van der Waals surface area contributed by atoms with Crippen molar-refractivity contribution in [3.8, 4) is 0 Å². The van der Waals surface area contributed by atoms with E-state index in [2.05, 4.69) is 5.32 Å². The Bertz CT molecular complexity index is 1000. The maximum Gasteiger partial charge on any atom is 0.321 e. The molecule has 2 aromatic rings. The standard InChI is InChI=1S/C23H26N4O3S/c1-25-21(31)26(2)23(18-13-8-5-9-14-18)22(25,17-11-6-4-7-12-17)24-20(29)27(23)16-10-15-19(28)30-3/h4-9,11-14H,10,15-16H2,1-3H3,(H,24,29). The lowest BCUT2D eigenvalue weighted by Gasteiger charge is -2.47. The number of ether oxygens (including phenoxy) is 1. The Morgan fingerprint density at radius 2 is 1.58 bits per heavy atom. The van der Waals surface area contributed by atoms with Gasteiger partial charge in [-0.1, -0.05) is 60.7 Å². The van der Waals surface area contributed by atoms with E-state index >= 15 is 0 Å². The number of amides is 2. The van der Waals surface area contributed by atoms with Crippen LogP contribution >= 0.6 is 12.2 Å². The number of thiocarbonyl (C=S) groups is 1. The fraction of sp³-hybridized carbons (Fsp3) is 0.348. The van der Waals surface area contributed by atoms with Crippen LogP contribution in [-0.4, -0.2) is 59.6 Å². The largest absolute Gasteiger partial charge is 0.469 e. The minimum atomic E-state index is -0.941. The van der Waals surface area contributed by atoms with Crippen molar-refractivity contribution < 1.29 is 14.3 Å². The van der Waals surface area contributed by atoms with Crippen LogP contribution in [-0.2, 0) is 20.9 Å². The van der Waals surface area contributed by atoms with E-state index in [0.29, 0.717) is 18.1 Å². The second-order valence-corrected chi connectivity index (χ2v) is 8.14. The summed E-state index contributed by atoms with van der Waals surface area (Å²) in [5.41, 5.74) is -0.0142. The van der Waals surface area contributed by atoms with Gasteiger partial charge in [0.25, 0.3) is 0 Å². The summed E-state index contributed by atoms with van der Waals surface area (Å²) in [6, 6.07) is 19.6. The van der Waals surface area contributed by atoms with Gasteiger partial charge in [0.1, 0.15) is 0 Å². The molecular weight excluding hydrogens is 412 g/mol. The molecule has 2 aliphatic heterocycles. The lowest BCUT2D eigenvalue weighted by molar-refractivity contribution is -0.140. The number of esters is 1. The molecule has 0 spiro atoms. The number of hydrogen-bond donors (Lipinski definition) is 1. The molecule has 2 aliphatic rings. The topological polar surface area (TPSA) is 65.1 Å². The molecule has 2 aromatic carbocycles. The molecule has 0 saturated carbocycles.